The molecular weight excluding hydrogens is 286 g/mol. The lowest BCUT2D eigenvalue weighted by molar-refractivity contribution is 0.185. The first-order valence-electron chi connectivity index (χ1n) is 7.70. The first-order valence-corrected chi connectivity index (χ1v) is 7.70. The van der Waals surface area contributed by atoms with E-state index in [1.165, 1.54) is 0 Å². The third kappa shape index (κ3) is 2.47. The Morgan fingerprint density at radius 1 is 0.913 bits per heavy atom. The molecule has 0 spiro atoms. The van der Waals surface area contributed by atoms with Crippen LogP contribution in [0.2, 0.25) is 0 Å². The summed E-state index contributed by atoms with van der Waals surface area (Å²) in [6.45, 7) is 2.33. The van der Waals surface area contributed by atoms with E-state index in [1.54, 1.807) is 6.92 Å². The molecule has 0 unspecified atom stereocenters. The number of aliphatic hydroxyl groups is 1. The highest BCUT2D eigenvalue weighted by molar-refractivity contribution is 5.79. The molecule has 23 heavy (non-hydrogen) atoms. The molecule has 4 heteroatoms. The smallest absolute Gasteiger partial charge is 0.138 e. The highest BCUT2D eigenvalue weighted by Crippen LogP contribution is 2.22. The Balaban J connectivity index is 1.83. The Hall–Kier alpha value is -2.72. The van der Waals surface area contributed by atoms with Gasteiger partial charge in [-0.25, -0.2) is 4.98 Å². The summed E-state index contributed by atoms with van der Waals surface area (Å²) in [4.78, 5) is 9.28. The maximum absolute atomic E-state index is 10.1. The fraction of sp³-hybridized carbons (Fsp3) is 0.158. The largest absolute Gasteiger partial charge is 0.385 e. The fourth-order valence-corrected chi connectivity index (χ4v) is 2.94. The molecule has 4 rings (SSSR count). The number of imidazole rings is 1. The van der Waals surface area contributed by atoms with Gasteiger partial charge in [-0.3, -0.25) is 4.98 Å². The quantitative estimate of drug-likeness (QED) is 0.628. The van der Waals surface area contributed by atoms with Gasteiger partial charge in [0.1, 0.15) is 11.9 Å². The number of aromatic nitrogens is 3. The topological polar surface area (TPSA) is 50.9 Å². The monoisotopic (exact) mass is 303 g/mol. The van der Waals surface area contributed by atoms with Crippen molar-refractivity contribution in [1.29, 1.82) is 0 Å². The average molecular weight is 303 g/mol. The van der Waals surface area contributed by atoms with Crippen molar-refractivity contribution < 1.29 is 5.11 Å². The summed E-state index contributed by atoms with van der Waals surface area (Å²) in [6.07, 6.45) is -0.622. The van der Waals surface area contributed by atoms with Crippen molar-refractivity contribution in [3.63, 3.8) is 0 Å². The summed E-state index contributed by atoms with van der Waals surface area (Å²) in [5.41, 5.74) is 3.84. The van der Waals surface area contributed by atoms with Crippen molar-refractivity contribution in [3.05, 3.63) is 72.2 Å². The Morgan fingerprint density at radius 2 is 1.65 bits per heavy atom. The maximum Gasteiger partial charge on any atom is 0.138 e. The predicted molar refractivity (Wildman–Crippen MR) is 91.2 cm³/mol. The van der Waals surface area contributed by atoms with E-state index >= 15 is 0 Å². The van der Waals surface area contributed by atoms with E-state index in [9.17, 15) is 5.11 Å². The average Bonchev–Trinajstić information content (AvgIpc) is 2.94. The summed E-state index contributed by atoms with van der Waals surface area (Å²) in [5.74, 6) is 0.668. The lowest BCUT2D eigenvalue weighted by Crippen LogP contribution is -2.09. The van der Waals surface area contributed by atoms with Crippen LogP contribution in [0.5, 0.6) is 0 Å². The number of nitrogens with zero attached hydrogens (tertiary/aromatic N) is 3. The van der Waals surface area contributed by atoms with Gasteiger partial charge in [0.05, 0.1) is 28.8 Å². The second-order valence-corrected chi connectivity index (χ2v) is 5.72. The van der Waals surface area contributed by atoms with Crippen LogP contribution in [0, 0.1) is 0 Å². The van der Waals surface area contributed by atoms with E-state index in [0.717, 1.165) is 27.6 Å². The van der Waals surface area contributed by atoms with Crippen molar-refractivity contribution in [3.8, 4) is 0 Å². The molecule has 1 atom stereocenters. The minimum absolute atomic E-state index is 0.589. The van der Waals surface area contributed by atoms with Gasteiger partial charge in [0, 0.05) is 5.39 Å². The van der Waals surface area contributed by atoms with Crippen LogP contribution in [0.4, 0.5) is 0 Å². The molecule has 0 amide bonds. The summed E-state index contributed by atoms with van der Waals surface area (Å²) in [5, 5.41) is 11.2. The summed E-state index contributed by atoms with van der Waals surface area (Å²) in [7, 11) is 0. The van der Waals surface area contributed by atoms with Crippen LogP contribution in [-0.2, 0) is 6.54 Å². The molecule has 0 fully saturated rings. The molecule has 0 saturated carbocycles. The van der Waals surface area contributed by atoms with Crippen LogP contribution in [0.3, 0.4) is 0 Å². The van der Waals surface area contributed by atoms with Crippen LogP contribution in [-0.4, -0.2) is 19.6 Å². The molecular formula is C19H17N3O. The van der Waals surface area contributed by atoms with E-state index in [4.69, 9.17) is 4.98 Å². The summed E-state index contributed by atoms with van der Waals surface area (Å²) in [6, 6.07) is 20.1. The van der Waals surface area contributed by atoms with Crippen molar-refractivity contribution in [2.45, 2.75) is 19.6 Å². The third-order valence-electron chi connectivity index (χ3n) is 4.03. The van der Waals surface area contributed by atoms with Gasteiger partial charge in [-0.2, -0.15) is 0 Å². The highest BCUT2D eigenvalue weighted by atomic mass is 16.3. The molecule has 2 aromatic carbocycles. The molecule has 4 aromatic rings. The van der Waals surface area contributed by atoms with Crippen LogP contribution >= 0.6 is 0 Å². The van der Waals surface area contributed by atoms with Gasteiger partial charge >= 0.3 is 0 Å². The zero-order valence-electron chi connectivity index (χ0n) is 12.8. The molecule has 4 nitrogen and oxygen atoms in total. The number of benzene rings is 2. The number of hydrogen-bond donors (Lipinski definition) is 1. The molecule has 1 N–H and O–H groups in total. The molecule has 0 aliphatic carbocycles. The maximum atomic E-state index is 10.1. The van der Waals surface area contributed by atoms with Crippen LogP contribution in [0.15, 0.2) is 60.7 Å². The molecule has 0 bridgehead atoms. The minimum atomic E-state index is -0.622. The highest BCUT2D eigenvalue weighted by Gasteiger charge is 2.15. The predicted octanol–water partition coefficient (Wildman–Crippen LogP) is 3.69. The molecule has 0 aliphatic rings. The summed E-state index contributed by atoms with van der Waals surface area (Å²) < 4.78 is 2.04. The van der Waals surface area contributed by atoms with Gasteiger partial charge in [0.15, 0.2) is 0 Å². The fourth-order valence-electron chi connectivity index (χ4n) is 2.94. The van der Waals surface area contributed by atoms with E-state index in [-0.39, 0.29) is 0 Å². The lowest BCUT2D eigenvalue weighted by atomic mass is 10.2. The van der Waals surface area contributed by atoms with Gasteiger partial charge < -0.3 is 9.67 Å². The number of pyridine rings is 1. The Labute approximate surface area is 134 Å². The molecule has 0 saturated heterocycles. The number of fused-ring (bicyclic) bond motifs is 2. The molecule has 2 aromatic heterocycles. The van der Waals surface area contributed by atoms with E-state index < -0.39 is 6.10 Å². The molecule has 2 heterocycles. The summed E-state index contributed by atoms with van der Waals surface area (Å²) >= 11 is 0. The number of para-hydroxylation sites is 3. The Morgan fingerprint density at radius 3 is 2.48 bits per heavy atom. The molecule has 0 aliphatic heterocycles. The third-order valence-corrected chi connectivity index (χ3v) is 4.03. The van der Waals surface area contributed by atoms with Gasteiger partial charge in [-0.05, 0) is 31.2 Å². The second-order valence-electron chi connectivity index (χ2n) is 5.72. The standard InChI is InChI=1S/C19H17N3O/c1-13(23)19-21-17-8-4-5-9-18(17)22(19)12-15-11-10-14-6-2-3-7-16(14)20-15/h2-11,13,23H,12H2,1H3/t13-/m0/s1. The normalized spacial score (nSPS) is 12.8. The first kappa shape index (κ1) is 13.9. The van der Waals surface area contributed by atoms with Gasteiger partial charge in [0.2, 0.25) is 0 Å². The lowest BCUT2D eigenvalue weighted by Gasteiger charge is -2.11. The number of hydrogen-bond acceptors (Lipinski definition) is 3. The van der Waals surface area contributed by atoms with E-state index in [0.29, 0.717) is 12.4 Å². The Kier molecular flexibility index (Phi) is 3.32. The second kappa shape index (κ2) is 5.48. The van der Waals surface area contributed by atoms with E-state index in [2.05, 4.69) is 17.1 Å². The van der Waals surface area contributed by atoms with Crippen molar-refractivity contribution in [2.24, 2.45) is 0 Å². The van der Waals surface area contributed by atoms with Crippen molar-refractivity contribution in [2.75, 3.05) is 0 Å². The van der Waals surface area contributed by atoms with Crippen LogP contribution in [0.1, 0.15) is 24.5 Å². The number of rotatable bonds is 3. The Bertz CT molecular complexity index is 988. The zero-order chi connectivity index (χ0) is 15.8. The van der Waals surface area contributed by atoms with Crippen LogP contribution < -0.4 is 0 Å². The van der Waals surface area contributed by atoms with E-state index in [1.807, 2.05) is 53.1 Å². The number of aliphatic hydroxyl groups excluding tert-OH is 1. The van der Waals surface area contributed by atoms with Gasteiger partial charge in [-0.15, -0.1) is 0 Å². The zero-order valence-corrected chi connectivity index (χ0v) is 12.8. The van der Waals surface area contributed by atoms with Crippen molar-refractivity contribution in [1.82, 2.24) is 14.5 Å². The van der Waals surface area contributed by atoms with Crippen LogP contribution in [0.25, 0.3) is 21.9 Å². The van der Waals surface area contributed by atoms with Gasteiger partial charge in [0.25, 0.3) is 0 Å². The molecule has 114 valence electrons. The first-order chi connectivity index (χ1) is 11.2. The SMILES string of the molecule is C[C@H](O)c1nc2ccccc2n1Cc1ccc2ccccc2n1. The van der Waals surface area contributed by atoms with Crippen molar-refractivity contribution >= 4 is 21.9 Å². The van der Waals surface area contributed by atoms with Gasteiger partial charge in [-0.1, -0.05) is 36.4 Å². The minimum Gasteiger partial charge on any atom is -0.385 e. The molecule has 0 radical (unpaired) electrons.